The van der Waals surface area contributed by atoms with Crippen LogP contribution in [0.5, 0.6) is 0 Å². The van der Waals surface area contributed by atoms with E-state index in [4.69, 9.17) is 0 Å². The van der Waals surface area contributed by atoms with Crippen LogP contribution in [0.2, 0.25) is 0 Å². The van der Waals surface area contributed by atoms with Gasteiger partial charge in [0.05, 0.1) is 0 Å². The summed E-state index contributed by atoms with van der Waals surface area (Å²) in [7, 11) is 0. The van der Waals surface area contributed by atoms with Gasteiger partial charge in [0.15, 0.2) is 0 Å². The maximum absolute atomic E-state index is 14.5. The minimum absolute atomic E-state index is 0.239. The lowest BCUT2D eigenvalue weighted by Crippen LogP contribution is -2.40. The number of piperidine rings is 1. The van der Waals surface area contributed by atoms with Crippen molar-refractivity contribution >= 4 is 0 Å². The first-order valence-electron chi connectivity index (χ1n) is 5.89. The summed E-state index contributed by atoms with van der Waals surface area (Å²) in [5.41, 5.74) is -1.11. The Morgan fingerprint density at radius 3 is 2.81 bits per heavy atom. The molecule has 0 bridgehead atoms. The van der Waals surface area contributed by atoms with Crippen molar-refractivity contribution in [2.75, 3.05) is 13.1 Å². The van der Waals surface area contributed by atoms with E-state index < -0.39 is 5.67 Å². The predicted molar refractivity (Wildman–Crippen MR) is 60.1 cm³/mol. The van der Waals surface area contributed by atoms with Crippen LogP contribution in [-0.4, -0.2) is 33.5 Å². The highest BCUT2D eigenvalue weighted by atomic mass is 19.1. The largest absolute Gasteiger partial charge is 0.316 e. The first-order chi connectivity index (χ1) is 7.61. The molecule has 0 aliphatic carbocycles. The van der Waals surface area contributed by atoms with E-state index in [-0.39, 0.29) is 6.04 Å². The summed E-state index contributed by atoms with van der Waals surface area (Å²) in [4.78, 5) is 4.17. The standard InChI is InChI=1S/C11H19FN4/c1-9(2)16-10(14-8-15-16)7-11(12)3-5-13-6-4-11/h8-9,13H,3-7H2,1-2H3. The van der Waals surface area contributed by atoms with Gasteiger partial charge in [0.1, 0.15) is 17.8 Å². The number of hydrogen-bond donors (Lipinski definition) is 1. The molecular weight excluding hydrogens is 207 g/mol. The van der Waals surface area contributed by atoms with Crippen LogP contribution in [0, 0.1) is 0 Å². The van der Waals surface area contributed by atoms with Gasteiger partial charge in [-0.3, -0.25) is 0 Å². The number of alkyl halides is 1. The normalized spacial score (nSPS) is 20.2. The summed E-state index contributed by atoms with van der Waals surface area (Å²) in [6, 6.07) is 0.239. The average molecular weight is 226 g/mol. The van der Waals surface area contributed by atoms with Gasteiger partial charge < -0.3 is 5.32 Å². The zero-order valence-electron chi connectivity index (χ0n) is 9.91. The SMILES string of the molecule is CC(C)n1ncnc1CC1(F)CCNCC1. The first-order valence-corrected chi connectivity index (χ1v) is 5.89. The maximum atomic E-state index is 14.5. The molecule has 90 valence electrons. The fraction of sp³-hybridized carbons (Fsp3) is 0.818. The van der Waals surface area contributed by atoms with Gasteiger partial charge in [-0.25, -0.2) is 14.1 Å². The molecule has 0 aromatic carbocycles. The Hall–Kier alpha value is -0.970. The Morgan fingerprint density at radius 1 is 1.50 bits per heavy atom. The van der Waals surface area contributed by atoms with E-state index in [0.717, 1.165) is 18.9 Å². The summed E-state index contributed by atoms with van der Waals surface area (Å²) in [5, 5.41) is 7.31. The monoisotopic (exact) mass is 226 g/mol. The van der Waals surface area contributed by atoms with Gasteiger partial charge in [0.2, 0.25) is 0 Å². The zero-order valence-corrected chi connectivity index (χ0v) is 9.91. The van der Waals surface area contributed by atoms with Crippen LogP contribution in [0.25, 0.3) is 0 Å². The molecule has 2 heterocycles. The lowest BCUT2D eigenvalue weighted by atomic mass is 9.90. The van der Waals surface area contributed by atoms with Crippen LogP contribution < -0.4 is 5.32 Å². The van der Waals surface area contributed by atoms with E-state index in [1.165, 1.54) is 6.33 Å². The van der Waals surface area contributed by atoms with Crippen LogP contribution in [0.3, 0.4) is 0 Å². The van der Waals surface area contributed by atoms with Crippen molar-refractivity contribution in [3.8, 4) is 0 Å². The summed E-state index contributed by atoms with van der Waals surface area (Å²) >= 11 is 0. The van der Waals surface area contributed by atoms with Crippen LogP contribution in [0.1, 0.15) is 38.6 Å². The van der Waals surface area contributed by atoms with Crippen molar-refractivity contribution in [2.24, 2.45) is 0 Å². The molecule has 0 saturated carbocycles. The third kappa shape index (κ3) is 2.40. The summed E-state index contributed by atoms with van der Waals surface area (Å²) in [6.07, 6.45) is 3.03. The number of hydrogen-bond acceptors (Lipinski definition) is 3. The van der Waals surface area contributed by atoms with Gasteiger partial charge in [-0.05, 0) is 39.8 Å². The smallest absolute Gasteiger partial charge is 0.138 e. The Labute approximate surface area is 95.3 Å². The minimum Gasteiger partial charge on any atom is -0.316 e. The molecule has 1 aromatic heterocycles. The molecule has 0 amide bonds. The van der Waals surface area contributed by atoms with Crippen molar-refractivity contribution in [3.05, 3.63) is 12.2 Å². The van der Waals surface area contributed by atoms with Gasteiger partial charge >= 0.3 is 0 Å². The Morgan fingerprint density at radius 2 is 2.19 bits per heavy atom. The lowest BCUT2D eigenvalue weighted by Gasteiger charge is -2.29. The molecule has 1 aromatic rings. The van der Waals surface area contributed by atoms with Crippen LogP contribution in [0.4, 0.5) is 4.39 Å². The van der Waals surface area contributed by atoms with Gasteiger partial charge in [-0.1, -0.05) is 0 Å². The summed E-state index contributed by atoms with van der Waals surface area (Å²) < 4.78 is 16.3. The molecule has 0 atom stereocenters. The van der Waals surface area contributed by atoms with E-state index >= 15 is 0 Å². The van der Waals surface area contributed by atoms with Crippen molar-refractivity contribution in [3.63, 3.8) is 0 Å². The molecule has 2 rings (SSSR count). The average Bonchev–Trinajstić information content (AvgIpc) is 2.66. The second-order valence-corrected chi connectivity index (χ2v) is 4.79. The van der Waals surface area contributed by atoms with Crippen LogP contribution in [0.15, 0.2) is 6.33 Å². The number of rotatable bonds is 3. The van der Waals surface area contributed by atoms with E-state index in [2.05, 4.69) is 15.4 Å². The van der Waals surface area contributed by atoms with Gasteiger partial charge in [-0.15, -0.1) is 0 Å². The molecule has 0 spiro atoms. The summed E-state index contributed by atoms with van der Waals surface area (Å²) in [6.45, 7) is 5.58. The number of nitrogens with one attached hydrogen (secondary N) is 1. The lowest BCUT2D eigenvalue weighted by molar-refractivity contribution is 0.111. The molecule has 4 nitrogen and oxygen atoms in total. The highest BCUT2D eigenvalue weighted by molar-refractivity contribution is 4.98. The van der Waals surface area contributed by atoms with E-state index in [1.807, 2.05) is 18.5 Å². The second-order valence-electron chi connectivity index (χ2n) is 4.79. The molecule has 0 radical (unpaired) electrons. The van der Waals surface area contributed by atoms with Crippen molar-refractivity contribution in [1.29, 1.82) is 0 Å². The van der Waals surface area contributed by atoms with Crippen molar-refractivity contribution in [1.82, 2.24) is 20.1 Å². The Balaban J connectivity index is 2.10. The number of nitrogens with zero attached hydrogens (tertiary/aromatic N) is 3. The van der Waals surface area contributed by atoms with Gasteiger partial charge in [-0.2, -0.15) is 5.10 Å². The zero-order chi connectivity index (χ0) is 11.6. The van der Waals surface area contributed by atoms with Gasteiger partial charge in [0, 0.05) is 12.5 Å². The molecule has 1 aliphatic rings. The fourth-order valence-electron chi connectivity index (χ4n) is 2.17. The number of aromatic nitrogens is 3. The first kappa shape index (κ1) is 11.5. The third-order valence-corrected chi connectivity index (χ3v) is 3.11. The highest BCUT2D eigenvalue weighted by Gasteiger charge is 2.33. The fourth-order valence-corrected chi connectivity index (χ4v) is 2.17. The maximum Gasteiger partial charge on any atom is 0.138 e. The Kier molecular flexibility index (Phi) is 3.23. The molecule has 5 heteroatoms. The summed E-state index contributed by atoms with van der Waals surface area (Å²) in [5.74, 6) is 0.763. The topological polar surface area (TPSA) is 42.7 Å². The van der Waals surface area contributed by atoms with E-state index in [9.17, 15) is 4.39 Å². The van der Waals surface area contributed by atoms with E-state index in [1.54, 1.807) is 0 Å². The van der Waals surface area contributed by atoms with Crippen molar-refractivity contribution < 1.29 is 4.39 Å². The molecule has 1 fully saturated rings. The second kappa shape index (κ2) is 4.49. The highest BCUT2D eigenvalue weighted by Crippen LogP contribution is 2.27. The van der Waals surface area contributed by atoms with E-state index in [0.29, 0.717) is 19.3 Å². The molecule has 0 unspecified atom stereocenters. The molecule has 1 saturated heterocycles. The third-order valence-electron chi connectivity index (χ3n) is 3.11. The number of halogens is 1. The molecular formula is C11H19FN4. The molecule has 1 aliphatic heterocycles. The quantitative estimate of drug-likeness (QED) is 0.849. The van der Waals surface area contributed by atoms with Crippen LogP contribution >= 0.6 is 0 Å². The predicted octanol–water partition coefficient (Wildman–Crippen LogP) is 1.49. The molecule has 16 heavy (non-hydrogen) atoms. The van der Waals surface area contributed by atoms with Gasteiger partial charge in [0.25, 0.3) is 0 Å². The minimum atomic E-state index is -1.11. The van der Waals surface area contributed by atoms with Crippen LogP contribution in [-0.2, 0) is 6.42 Å². The van der Waals surface area contributed by atoms with Crippen molar-refractivity contribution in [2.45, 2.75) is 44.8 Å². The molecule has 1 N–H and O–H groups in total. The Bertz CT molecular complexity index is 342.